The van der Waals surface area contributed by atoms with Crippen LogP contribution in [-0.2, 0) is 4.74 Å². The second kappa shape index (κ2) is 7.07. The Kier molecular flexibility index (Phi) is 4.69. The van der Waals surface area contributed by atoms with E-state index in [0.717, 1.165) is 5.69 Å². The van der Waals surface area contributed by atoms with Gasteiger partial charge in [-0.1, -0.05) is 6.07 Å². The maximum Gasteiger partial charge on any atom is 0.409 e. The monoisotopic (exact) mass is 330 g/mol. The molecule has 0 unspecified atom stereocenters. The van der Waals surface area contributed by atoms with Gasteiger partial charge in [-0.05, 0) is 35.5 Å². The normalized spacial score (nSPS) is 14.5. The number of hydrogen-bond acceptors (Lipinski definition) is 6. The summed E-state index contributed by atoms with van der Waals surface area (Å²) >= 11 is 0. The van der Waals surface area contributed by atoms with Gasteiger partial charge in [0.15, 0.2) is 0 Å². The third-order valence-electron chi connectivity index (χ3n) is 3.80. The molecule has 2 aromatic rings. The summed E-state index contributed by atoms with van der Waals surface area (Å²) in [5.41, 5.74) is 1.28. The molecule has 2 amide bonds. The quantitative estimate of drug-likeness (QED) is 0.817. The highest BCUT2D eigenvalue weighted by atomic mass is 16.6. The fourth-order valence-corrected chi connectivity index (χ4v) is 2.55. The van der Waals surface area contributed by atoms with E-state index in [-0.39, 0.29) is 12.0 Å². The average Bonchev–Trinajstić information content (AvgIpc) is 3.16. The highest BCUT2D eigenvalue weighted by Crippen LogP contribution is 2.13. The van der Waals surface area contributed by atoms with Crippen molar-refractivity contribution in [2.45, 2.75) is 6.92 Å². The van der Waals surface area contributed by atoms with Crippen LogP contribution in [0.3, 0.4) is 0 Å². The van der Waals surface area contributed by atoms with E-state index >= 15 is 0 Å². The number of hydrogen-bond donors (Lipinski definition) is 0. The van der Waals surface area contributed by atoms with E-state index in [1.807, 2.05) is 6.07 Å². The Bertz CT molecular complexity index is 710. The Morgan fingerprint density at radius 1 is 1.17 bits per heavy atom. The van der Waals surface area contributed by atoms with E-state index in [2.05, 4.69) is 15.5 Å². The van der Waals surface area contributed by atoms with Crippen LogP contribution < -0.4 is 0 Å². The molecular weight excluding hydrogens is 312 g/mol. The van der Waals surface area contributed by atoms with Crippen LogP contribution in [-0.4, -0.2) is 74.8 Å². The standard InChI is InChI=1S/C15H18N6O3/c1-2-24-15(23)20-8-6-19(7-9-20)14(22)12-4-3-5-13(10-12)21-11-16-17-18-21/h3-5,10-11H,2,6-9H2,1H3. The number of aromatic nitrogens is 4. The zero-order valence-corrected chi connectivity index (χ0v) is 13.3. The minimum atomic E-state index is -0.328. The molecule has 0 atom stereocenters. The molecule has 0 bridgehead atoms. The first-order valence-electron chi connectivity index (χ1n) is 7.73. The SMILES string of the molecule is CCOC(=O)N1CCN(C(=O)c2cccc(-n3cnnn3)c2)CC1. The predicted octanol–water partition coefficient (Wildman–Crippen LogP) is 0.577. The summed E-state index contributed by atoms with van der Waals surface area (Å²) < 4.78 is 6.48. The number of nitrogens with zero attached hydrogens (tertiary/aromatic N) is 6. The van der Waals surface area contributed by atoms with E-state index in [1.54, 1.807) is 34.9 Å². The topological polar surface area (TPSA) is 93.5 Å². The van der Waals surface area contributed by atoms with Crippen molar-refractivity contribution in [2.75, 3.05) is 32.8 Å². The maximum atomic E-state index is 12.7. The summed E-state index contributed by atoms with van der Waals surface area (Å²) in [4.78, 5) is 27.7. The van der Waals surface area contributed by atoms with Crippen LogP contribution in [0.1, 0.15) is 17.3 Å². The molecule has 9 heteroatoms. The van der Waals surface area contributed by atoms with E-state index in [1.165, 1.54) is 11.0 Å². The van der Waals surface area contributed by atoms with Crippen molar-refractivity contribution in [3.63, 3.8) is 0 Å². The number of benzene rings is 1. The lowest BCUT2D eigenvalue weighted by molar-refractivity contribution is 0.0570. The van der Waals surface area contributed by atoms with Gasteiger partial charge >= 0.3 is 6.09 Å². The van der Waals surface area contributed by atoms with Gasteiger partial charge in [-0.25, -0.2) is 9.48 Å². The number of amides is 2. The average molecular weight is 330 g/mol. The number of carbonyl (C=O) groups excluding carboxylic acids is 2. The van der Waals surface area contributed by atoms with E-state index in [9.17, 15) is 9.59 Å². The molecule has 1 aromatic carbocycles. The van der Waals surface area contributed by atoms with Crippen molar-refractivity contribution in [1.82, 2.24) is 30.0 Å². The van der Waals surface area contributed by atoms with Crippen LogP contribution in [0.5, 0.6) is 0 Å². The minimum absolute atomic E-state index is 0.0755. The lowest BCUT2D eigenvalue weighted by Crippen LogP contribution is -2.50. The molecule has 1 aliphatic rings. The van der Waals surface area contributed by atoms with Crippen molar-refractivity contribution in [1.29, 1.82) is 0 Å². The molecule has 0 N–H and O–H groups in total. The van der Waals surface area contributed by atoms with Gasteiger partial charge in [0.2, 0.25) is 0 Å². The molecule has 0 spiro atoms. The van der Waals surface area contributed by atoms with Gasteiger partial charge in [-0.3, -0.25) is 4.79 Å². The van der Waals surface area contributed by atoms with Gasteiger partial charge in [-0.2, -0.15) is 0 Å². The lowest BCUT2D eigenvalue weighted by atomic mass is 10.1. The van der Waals surface area contributed by atoms with E-state index in [0.29, 0.717) is 38.3 Å². The van der Waals surface area contributed by atoms with Gasteiger partial charge in [0.1, 0.15) is 6.33 Å². The second-order valence-electron chi connectivity index (χ2n) is 5.28. The number of piperazine rings is 1. The molecule has 0 radical (unpaired) electrons. The fourth-order valence-electron chi connectivity index (χ4n) is 2.55. The first kappa shape index (κ1) is 15.9. The Balaban J connectivity index is 1.66. The molecule has 24 heavy (non-hydrogen) atoms. The highest BCUT2D eigenvalue weighted by Gasteiger charge is 2.25. The van der Waals surface area contributed by atoms with Gasteiger partial charge in [0.25, 0.3) is 5.91 Å². The first-order valence-corrected chi connectivity index (χ1v) is 7.73. The molecule has 2 heterocycles. The van der Waals surface area contributed by atoms with Crippen molar-refractivity contribution in [2.24, 2.45) is 0 Å². The third-order valence-corrected chi connectivity index (χ3v) is 3.80. The van der Waals surface area contributed by atoms with Gasteiger partial charge in [0.05, 0.1) is 12.3 Å². The Hall–Kier alpha value is -2.97. The minimum Gasteiger partial charge on any atom is -0.450 e. The molecule has 1 aromatic heterocycles. The molecule has 126 valence electrons. The van der Waals surface area contributed by atoms with Gasteiger partial charge < -0.3 is 14.5 Å². The van der Waals surface area contributed by atoms with Crippen LogP contribution in [0.2, 0.25) is 0 Å². The van der Waals surface area contributed by atoms with Crippen LogP contribution >= 0.6 is 0 Å². The van der Waals surface area contributed by atoms with Crippen LogP contribution in [0.25, 0.3) is 5.69 Å². The molecule has 3 rings (SSSR count). The predicted molar refractivity (Wildman–Crippen MR) is 83.7 cm³/mol. The van der Waals surface area contributed by atoms with Crippen LogP contribution in [0.15, 0.2) is 30.6 Å². The number of carbonyl (C=O) groups is 2. The molecule has 1 saturated heterocycles. The largest absolute Gasteiger partial charge is 0.450 e. The Morgan fingerprint density at radius 2 is 1.92 bits per heavy atom. The van der Waals surface area contributed by atoms with Crippen molar-refractivity contribution >= 4 is 12.0 Å². The second-order valence-corrected chi connectivity index (χ2v) is 5.28. The van der Waals surface area contributed by atoms with Crippen LogP contribution in [0, 0.1) is 0 Å². The Morgan fingerprint density at radius 3 is 2.58 bits per heavy atom. The smallest absolute Gasteiger partial charge is 0.409 e. The van der Waals surface area contributed by atoms with Gasteiger partial charge in [-0.15, -0.1) is 5.10 Å². The highest BCUT2D eigenvalue weighted by molar-refractivity contribution is 5.95. The zero-order chi connectivity index (χ0) is 16.9. The number of ether oxygens (including phenoxy) is 1. The molecule has 1 aliphatic heterocycles. The lowest BCUT2D eigenvalue weighted by Gasteiger charge is -2.34. The summed E-state index contributed by atoms with van der Waals surface area (Å²) in [6, 6.07) is 7.12. The summed E-state index contributed by atoms with van der Waals surface area (Å²) in [7, 11) is 0. The molecule has 0 saturated carbocycles. The Labute approximate surface area is 138 Å². The molecular formula is C15H18N6O3. The summed E-state index contributed by atoms with van der Waals surface area (Å²) in [5, 5.41) is 11.0. The number of tetrazole rings is 1. The van der Waals surface area contributed by atoms with Crippen molar-refractivity contribution in [3.8, 4) is 5.69 Å². The van der Waals surface area contributed by atoms with Gasteiger partial charge in [0, 0.05) is 31.7 Å². The maximum absolute atomic E-state index is 12.7. The molecule has 0 aliphatic carbocycles. The zero-order valence-electron chi connectivity index (χ0n) is 13.3. The summed E-state index contributed by atoms with van der Waals surface area (Å²) in [6.45, 7) is 4.02. The molecule has 1 fully saturated rings. The fraction of sp³-hybridized carbons (Fsp3) is 0.400. The summed E-state index contributed by atoms with van der Waals surface area (Å²) in [5.74, 6) is -0.0755. The van der Waals surface area contributed by atoms with Crippen LogP contribution in [0.4, 0.5) is 4.79 Å². The van der Waals surface area contributed by atoms with E-state index in [4.69, 9.17) is 4.74 Å². The van der Waals surface area contributed by atoms with Crippen molar-refractivity contribution < 1.29 is 14.3 Å². The first-order chi connectivity index (χ1) is 11.7. The van der Waals surface area contributed by atoms with E-state index < -0.39 is 0 Å². The number of rotatable bonds is 3. The molecule has 9 nitrogen and oxygen atoms in total. The van der Waals surface area contributed by atoms with Crippen molar-refractivity contribution in [3.05, 3.63) is 36.2 Å². The third kappa shape index (κ3) is 3.34. The summed E-state index contributed by atoms with van der Waals surface area (Å²) in [6.07, 6.45) is 1.15.